The predicted molar refractivity (Wildman–Crippen MR) is 111 cm³/mol. The monoisotopic (exact) mass is 456 g/mol. The number of likely N-dealkylation sites (tertiary alicyclic amines) is 1. The highest BCUT2D eigenvalue weighted by molar-refractivity contribution is 5.90. The van der Waals surface area contributed by atoms with Crippen molar-refractivity contribution >= 4 is 11.7 Å². The summed E-state index contributed by atoms with van der Waals surface area (Å²) >= 11 is 0. The second kappa shape index (κ2) is 8.61. The van der Waals surface area contributed by atoms with Crippen LogP contribution in [0, 0.1) is 29.3 Å². The van der Waals surface area contributed by atoms with E-state index < -0.39 is 29.5 Å². The summed E-state index contributed by atoms with van der Waals surface area (Å²) in [5.74, 6) is -1.59. The summed E-state index contributed by atoms with van der Waals surface area (Å²) in [6.45, 7) is 0.793. The van der Waals surface area contributed by atoms with Crippen LogP contribution in [0.1, 0.15) is 11.6 Å². The Kier molecular flexibility index (Phi) is 5.49. The third kappa shape index (κ3) is 4.28. The number of anilines is 1. The first-order chi connectivity index (χ1) is 16.0. The number of amides is 2. The molecule has 3 aromatic rings. The van der Waals surface area contributed by atoms with Crippen LogP contribution in [0.5, 0.6) is 11.6 Å². The molecule has 2 aliphatic rings. The van der Waals surface area contributed by atoms with E-state index in [2.05, 4.69) is 15.3 Å². The fraction of sp³-hybridized carbons (Fsp3) is 0.261. The lowest BCUT2D eigenvalue weighted by atomic mass is 9.85. The molecular formula is C23H19F3N4O3. The van der Waals surface area contributed by atoms with Crippen molar-refractivity contribution in [3.8, 4) is 11.6 Å². The molecule has 0 saturated carbocycles. The van der Waals surface area contributed by atoms with Gasteiger partial charge in [-0.1, -0.05) is 0 Å². The standard InChI is InChI=1S/C23H19F3N4O3/c24-14-1-2-20-18(8-14)22-19(12-32-20)13(11-33-21-9-27-3-4-28-21)10-30(22)23(31)29-17-6-15(25)5-16(26)7-17/h1-9,13,19,22H,10-12H2,(H,29,31)/t13-,19-,22-/m0/s1. The fourth-order valence-corrected chi connectivity index (χ4v) is 4.44. The topological polar surface area (TPSA) is 76.6 Å². The lowest BCUT2D eigenvalue weighted by molar-refractivity contribution is 0.128. The Hall–Kier alpha value is -3.82. The zero-order valence-electron chi connectivity index (χ0n) is 17.2. The van der Waals surface area contributed by atoms with Crippen LogP contribution in [0.15, 0.2) is 55.0 Å². The maximum Gasteiger partial charge on any atom is 0.322 e. The molecule has 0 bridgehead atoms. The zero-order valence-corrected chi connectivity index (χ0v) is 17.2. The smallest absolute Gasteiger partial charge is 0.322 e. The van der Waals surface area contributed by atoms with Gasteiger partial charge < -0.3 is 19.7 Å². The van der Waals surface area contributed by atoms with Crippen molar-refractivity contribution in [3.05, 3.63) is 78.0 Å². The maximum absolute atomic E-state index is 14.1. The number of halogens is 3. The molecule has 10 heteroatoms. The Morgan fingerprint density at radius 2 is 1.94 bits per heavy atom. The van der Waals surface area contributed by atoms with Gasteiger partial charge in [-0.3, -0.25) is 4.98 Å². The Morgan fingerprint density at radius 3 is 2.70 bits per heavy atom. The number of carbonyl (C=O) groups excluding carboxylic acids is 1. The van der Waals surface area contributed by atoms with Crippen LogP contribution in [0.4, 0.5) is 23.7 Å². The molecule has 7 nitrogen and oxygen atoms in total. The van der Waals surface area contributed by atoms with Gasteiger partial charge in [-0.05, 0) is 30.3 Å². The molecule has 170 valence electrons. The molecule has 5 rings (SSSR count). The molecule has 0 spiro atoms. The average molecular weight is 456 g/mol. The first kappa shape index (κ1) is 21.0. The predicted octanol–water partition coefficient (Wildman–Crippen LogP) is 4.19. The number of nitrogens with zero attached hydrogens (tertiary/aromatic N) is 3. The summed E-state index contributed by atoms with van der Waals surface area (Å²) in [7, 11) is 0. The molecule has 1 aromatic heterocycles. The van der Waals surface area contributed by atoms with E-state index in [4.69, 9.17) is 9.47 Å². The average Bonchev–Trinajstić information content (AvgIpc) is 3.17. The van der Waals surface area contributed by atoms with Gasteiger partial charge in [0.15, 0.2) is 0 Å². The van der Waals surface area contributed by atoms with Crippen LogP contribution < -0.4 is 14.8 Å². The van der Waals surface area contributed by atoms with E-state index in [-0.39, 0.29) is 30.7 Å². The first-order valence-electron chi connectivity index (χ1n) is 10.3. The second-order valence-electron chi connectivity index (χ2n) is 7.96. The highest BCUT2D eigenvalue weighted by atomic mass is 19.1. The van der Waals surface area contributed by atoms with E-state index in [0.717, 1.165) is 18.2 Å². The molecule has 0 aliphatic carbocycles. The van der Waals surface area contributed by atoms with Gasteiger partial charge in [-0.25, -0.2) is 22.9 Å². The molecule has 2 amide bonds. The Morgan fingerprint density at radius 1 is 1.12 bits per heavy atom. The minimum Gasteiger partial charge on any atom is -0.493 e. The van der Waals surface area contributed by atoms with Crippen LogP contribution in [0.2, 0.25) is 0 Å². The van der Waals surface area contributed by atoms with Gasteiger partial charge in [-0.2, -0.15) is 0 Å². The van der Waals surface area contributed by atoms with Crippen molar-refractivity contribution < 1.29 is 27.4 Å². The van der Waals surface area contributed by atoms with Gasteiger partial charge in [0.2, 0.25) is 5.88 Å². The van der Waals surface area contributed by atoms with E-state index in [1.807, 2.05) is 0 Å². The van der Waals surface area contributed by atoms with E-state index in [0.29, 0.717) is 23.8 Å². The number of nitrogens with one attached hydrogen (secondary N) is 1. The lowest BCUT2D eigenvalue weighted by Gasteiger charge is -2.34. The van der Waals surface area contributed by atoms with Crippen LogP contribution in [0.25, 0.3) is 0 Å². The van der Waals surface area contributed by atoms with Crippen molar-refractivity contribution in [2.45, 2.75) is 6.04 Å². The minimum atomic E-state index is -0.807. The number of benzene rings is 2. The Balaban J connectivity index is 1.43. The largest absolute Gasteiger partial charge is 0.493 e. The first-order valence-corrected chi connectivity index (χ1v) is 10.3. The molecular weight excluding hydrogens is 437 g/mol. The highest BCUT2D eigenvalue weighted by Gasteiger charge is 2.48. The summed E-state index contributed by atoms with van der Waals surface area (Å²) < 4.78 is 52.9. The van der Waals surface area contributed by atoms with Gasteiger partial charge in [0, 0.05) is 48.1 Å². The van der Waals surface area contributed by atoms with Gasteiger partial charge in [-0.15, -0.1) is 0 Å². The minimum absolute atomic E-state index is 0.0140. The van der Waals surface area contributed by atoms with Crippen molar-refractivity contribution in [2.75, 3.05) is 25.1 Å². The Labute approximate surface area is 187 Å². The number of rotatable bonds is 4. The molecule has 2 aliphatic heterocycles. The number of carbonyl (C=O) groups is 1. The van der Waals surface area contributed by atoms with E-state index in [1.165, 1.54) is 41.7 Å². The van der Waals surface area contributed by atoms with E-state index in [9.17, 15) is 18.0 Å². The third-order valence-electron chi connectivity index (χ3n) is 5.86. The SMILES string of the molecule is O=C(Nc1cc(F)cc(F)c1)N1C[C@@H](COc2cnccn2)[C@@H]2COc3ccc(F)cc3[C@@H]21. The van der Waals surface area contributed by atoms with Gasteiger partial charge in [0.1, 0.15) is 23.2 Å². The van der Waals surface area contributed by atoms with Crippen LogP contribution in [-0.4, -0.2) is 40.7 Å². The van der Waals surface area contributed by atoms with E-state index >= 15 is 0 Å². The summed E-state index contributed by atoms with van der Waals surface area (Å²) in [5, 5.41) is 2.55. The molecule has 1 fully saturated rings. The number of aromatic nitrogens is 2. The van der Waals surface area contributed by atoms with Gasteiger partial charge in [0.25, 0.3) is 0 Å². The molecule has 1 saturated heterocycles. The third-order valence-corrected chi connectivity index (χ3v) is 5.86. The summed E-state index contributed by atoms with van der Waals surface area (Å²) in [4.78, 5) is 22.8. The quantitative estimate of drug-likeness (QED) is 0.637. The highest BCUT2D eigenvalue weighted by Crippen LogP contribution is 2.47. The molecule has 3 atom stereocenters. The zero-order chi connectivity index (χ0) is 22.9. The molecule has 1 N–H and O–H groups in total. The second-order valence-corrected chi connectivity index (χ2v) is 7.96. The summed E-state index contributed by atoms with van der Waals surface area (Å²) in [6.07, 6.45) is 4.52. The number of hydrogen-bond donors (Lipinski definition) is 1. The summed E-state index contributed by atoms with van der Waals surface area (Å²) in [6, 6.07) is 5.89. The lowest BCUT2D eigenvalue weighted by Crippen LogP contribution is -2.38. The normalized spacial score (nSPS) is 21.1. The van der Waals surface area contributed by atoms with Gasteiger partial charge in [0.05, 0.1) is 25.5 Å². The molecule has 0 unspecified atom stereocenters. The van der Waals surface area contributed by atoms with Crippen LogP contribution in [-0.2, 0) is 0 Å². The maximum atomic E-state index is 14.1. The fourth-order valence-electron chi connectivity index (χ4n) is 4.44. The number of hydrogen-bond acceptors (Lipinski definition) is 5. The van der Waals surface area contributed by atoms with Gasteiger partial charge >= 0.3 is 6.03 Å². The van der Waals surface area contributed by atoms with Crippen molar-refractivity contribution in [3.63, 3.8) is 0 Å². The van der Waals surface area contributed by atoms with Crippen molar-refractivity contribution in [2.24, 2.45) is 11.8 Å². The van der Waals surface area contributed by atoms with Crippen molar-refractivity contribution in [1.82, 2.24) is 14.9 Å². The van der Waals surface area contributed by atoms with E-state index in [1.54, 1.807) is 0 Å². The molecule has 2 aromatic carbocycles. The van der Waals surface area contributed by atoms with Crippen LogP contribution in [0.3, 0.4) is 0 Å². The number of ether oxygens (including phenoxy) is 2. The molecule has 0 radical (unpaired) electrons. The Bertz CT molecular complexity index is 1160. The molecule has 3 heterocycles. The van der Waals surface area contributed by atoms with Crippen molar-refractivity contribution in [1.29, 1.82) is 0 Å². The molecule has 33 heavy (non-hydrogen) atoms. The number of urea groups is 1. The summed E-state index contributed by atoms with van der Waals surface area (Å²) in [5.41, 5.74) is 0.522. The van der Waals surface area contributed by atoms with Crippen LogP contribution >= 0.6 is 0 Å². The number of fused-ring (bicyclic) bond motifs is 3.